The van der Waals surface area contributed by atoms with E-state index in [4.69, 9.17) is 46.4 Å². The van der Waals surface area contributed by atoms with E-state index in [9.17, 15) is 13.2 Å². The van der Waals surface area contributed by atoms with E-state index in [1.807, 2.05) is 0 Å². The van der Waals surface area contributed by atoms with Crippen molar-refractivity contribution in [2.45, 2.75) is 6.36 Å². The Morgan fingerprint density at radius 1 is 0.810 bits per heavy atom. The van der Waals surface area contributed by atoms with E-state index in [2.05, 4.69) is 4.74 Å². The second-order valence-corrected chi connectivity index (χ2v) is 5.51. The van der Waals surface area contributed by atoms with Crippen LogP contribution in [0.1, 0.15) is 0 Å². The van der Waals surface area contributed by atoms with Crippen molar-refractivity contribution in [1.29, 1.82) is 0 Å². The molecule has 8 heteroatoms. The highest BCUT2D eigenvalue weighted by molar-refractivity contribution is 6.46. The summed E-state index contributed by atoms with van der Waals surface area (Å²) in [5, 5.41) is 0.663. The van der Waals surface area contributed by atoms with E-state index in [0.29, 0.717) is 0 Å². The van der Waals surface area contributed by atoms with Crippen LogP contribution < -0.4 is 4.74 Å². The average Bonchev–Trinajstić information content (AvgIpc) is 2.36. The molecule has 0 bridgehead atoms. The molecule has 1 nitrogen and oxygen atoms in total. The van der Waals surface area contributed by atoms with E-state index in [0.717, 1.165) is 12.1 Å². The Bertz CT molecular complexity index is 686. The lowest BCUT2D eigenvalue weighted by Gasteiger charge is -2.14. The van der Waals surface area contributed by atoms with Crippen molar-refractivity contribution in [2.75, 3.05) is 0 Å². The van der Waals surface area contributed by atoms with Crippen LogP contribution in [0.25, 0.3) is 11.1 Å². The van der Waals surface area contributed by atoms with Gasteiger partial charge in [0.15, 0.2) is 0 Å². The van der Waals surface area contributed by atoms with E-state index < -0.39 is 12.1 Å². The van der Waals surface area contributed by atoms with Gasteiger partial charge in [0.05, 0.1) is 15.1 Å². The summed E-state index contributed by atoms with van der Waals surface area (Å²) in [5.41, 5.74) is 0.430. The first-order chi connectivity index (χ1) is 9.69. The fourth-order valence-electron chi connectivity index (χ4n) is 1.67. The highest BCUT2D eigenvalue weighted by Crippen LogP contribution is 2.43. The predicted octanol–water partition coefficient (Wildman–Crippen LogP) is 6.87. The van der Waals surface area contributed by atoms with Crippen LogP contribution in [-0.4, -0.2) is 6.36 Å². The Morgan fingerprint density at radius 3 is 2.00 bits per heavy atom. The number of hydrogen-bond acceptors (Lipinski definition) is 1. The Morgan fingerprint density at radius 2 is 1.38 bits per heavy atom. The minimum Gasteiger partial charge on any atom is -0.406 e. The Kier molecular flexibility index (Phi) is 4.83. The molecule has 0 aliphatic carbocycles. The molecule has 2 aromatic rings. The zero-order valence-electron chi connectivity index (χ0n) is 9.94. The Labute approximate surface area is 138 Å². The molecule has 0 saturated carbocycles. The molecule has 0 amide bonds. The van der Waals surface area contributed by atoms with Gasteiger partial charge in [0.2, 0.25) is 0 Å². The summed E-state index contributed by atoms with van der Waals surface area (Å²) in [4.78, 5) is 0. The zero-order valence-corrected chi connectivity index (χ0v) is 13.0. The van der Waals surface area contributed by atoms with Gasteiger partial charge in [-0.2, -0.15) is 0 Å². The van der Waals surface area contributed by atoms with Gasteiger partial charge in [0.1, 0.15) is 5.75 Å². The number of benzene rings is 2. The molecule has 0 unspecified atom stereocenters. The summed E-state index contributed by atoms with van der Waals surface area (Å²) in [6.45, 7) is 0. The van der Waals surface area contributed by atoms with Crippen LogP contribution in [0.4, 0.5) is 13.2 Å². The third kappa shape index (κ3) is 3.89. The van der Waals surface area contributed by atoms with Crippen LogP contribution in [0.15, 0.2) is 30.3 Å². The van der Waals surface area contributed by atoms with Gasteiger partial charge in [-0.1, -0.05) is 46.4 Å². The minimum atomic E-state index is -4.81. The fourth-order valence-corrected chi connectivity index (χ4v) is 2.61. The molecule has 2 aromatic carbocycles. The topological polar surface area (TPSA) is 9.23 Å². The predicted molar refractivity (Wildman–Crippen MR) is 78.6 cm³/mol. The molecule has 0 aliphatic heterocycles. The van der Waals surface area contributed by atoms with Gasteiger partial charge in [0.25, 0.3) is 0 Å². The zero-order chi connectivity index (χ0) is 15.8. The first-order valence-corrected chi connectivity index (χ1v) is 6.89. The highest BCUT2D eigenvalue weighted by Gasteiger charge is 2.31. The number of hydrogen-bond donors (Lipinski definition) is 0. The summed E-state index contributed by atoms with van der Waals surface area (Å²) in [5.74, 6) is -0.436. The monoisotopic (exact) mass is 374 g/mol. The molecule has 112 valence electrons. The summed E-state index contributed by atoms with van der Waals surface area (Å²) in [6, 6.07) is 6.38. The number of alkyl halides is 3. The normalized spacial score (nSPS) is 11.6. The van der Waals surface area contributed by atoms with Crippen molar-refractivity contribution in [1.82, 2.24) is 0 Å². The molecule has 0 saturated heterocycles. The maximum Gasteiger partial charge on any atom is 0.573 e. The largest absolute Gasteiger partial charge is 0.573 e. The molecular formula is C13H5Cl4F3O. The maximum absolute atomic E-state index is 12.3. The summed E-state index contributed by atoms with van der Waals surface area (Å²) in [6.07, 6.45) is -4.81. The van der Waals surface area contributed by atoms with Crippen molar-refractivity contribution in [2.24, 2.45) is 0 Å². The molecule has 2 rings (SSSR count). The van der Waals surface area contributed by atoms with Gasteiger partial charge in [-0.3, -0.25) is 0 Å². The summed E-state index contributed by atoms with van der Waals surface area (Å²) in [7, 11) is 0. The van der Waals surface area contributed by atoms with Crippen molar-refractivity contribution < 1.29 is 17.9 Å². The van der Waals surface area contributed by atoms with Crippen molar-refractivity contribution in [3.8, 4) is 16.9 Å². The number of rotatable bonds is 2. The Hall–Kier alpha value is -0.810. The second-order valence-electron chi connectivity index (χ2n) is 3.91. The van der Waals surface area contributed by atoms with Gasteiger partial charge < -0.3 is 4.74 Å². The van der Waals surface area contributed by atoms with Gasteiger partial charge in [0, 0.05) is 16.1 Å². The van der Waals surface area contributed by atoms with E-state index in [-0.39, 0.29) is 31.2 Å². The number of ether oxygens (including phenoxy) is 1. The standard InChI is InChI=1S/C13H5Cl4F3O/c14-8-2-1-6(21-13(18,19)20)5-7(8)11-9(15)3-4-10(16)12(11)17/h1-5H. The van der Waals surface area contributed by atoms with E-state index in [1.54, 1.807) is 0 Å². The molecule has 0 N–H and O–H groups in total. The van der Waals surface area contributed by atoms with Crippen LogP contribution >= 0.6 is 46.4 Å². The van der Waals surface area contributed by atoms with Gasteiger partial charge >= 0.3 is 6.36 Å². The summed E-state index contributed by atoms with van der Waals surface area (Å²) >= 11 is 24.0. The second kappa shape index (κ2) is 6.13. The van der Waals surface area contributed by atoms with E-state index in [1.165, 1.54) is 18.2 Å². The number of halogens is 7. The Balaban J connectivity index is 2.59. The molecule has 0 atom stereocenters. The average molecular weight is 376 g/mol. The lowest BCUT2D eigenvalue weighted by atomic mass is 10.1. The van der Waals surface area contributed by atoms with Gasteiger partial charge in [-0.15, -0.1) is 13.2 Å². The van der Waals surface area contributed by atoms with Crippen LogP contribution in [0.3, 0.4) is 0 Å². The third-order valence-electron chi connectivity index (χ3n) is 2.48. The molecule has 0 aromatic heterocycles. The third-order valence-corrected chi connectivity index (χ3v) is 3.93. The highest BCUT2D eigenvalue weighted by atomic mass is 35.5. The SMILES string of the molecule is FC(F)(F)Oc1ccc(Cl)c(-c2c(Cl)ccc(Cl)c2Cl)c1. The fraction of sp³-hybridized carbons (Fsp3) is 0.0769. The van der Waals surface area contributed by atoms with Crippen LogP contribution in [-0.2, 0) is 0 Å². The molecule has 0 radical (unpaired) electrons. The molecule has 0 aliphatic rings. The van der Waals surface area contributed by atoms with Crippen molar-refractivity contribution in [3.63, 3.8) is 0 Å². The summed E-state index contributed by atoms with van der Waals surface area (Å²) < 4.78 is 40.7. The molecule has 21 heavy (non-hydrogen) atoms. The minimum absolute atomic E-state index is 0.0928. The van der Waals surface area contributed by atoms with Gasteiger partial charge in [-0.05, 0) is 30.3 Å². The van der Waals surface area contributed by atoms with Crippen molar-refractivity contribution >= 4 is 46.4 Å². The molecule has 0 spiro atoms. The quantitative estimate of drug-likeness (QED) is 0.520. The molecule has 0 heterocycles. The van der Waals surface area contributed by atoms with Crippen molar-refractivity contribution in [3.05, 3.63) is 50.4 Å². The van der Waals surface area contributed by atoms with Gasteiger partial charge in [-0.25, -0.2) is 0 Å². The maximum atomic E-state index is 12.3. The lowest BCUT2D eigenvalue weighted by Crippen LogP contribution is -2.17. The van der Waals surface area contributed by atoms with E-state index >= 15 is 0 Å². The lowest BCUT2D eigenvalue weighted by molar-refractivity contribution is -0.274. The van der Waals surface area contributed by atoms with Crippen LogP contribution in [0.5, 0.6) is 5.75 Å². The first kappa shape index (κ1) is 16.6. The first-order valence-electron chi connectivity index (χ1n) is 5.38. The molecule has 0 fully saturated rings. The molecular weight excluding hydrogens is 371 g/mol. The smallest absolute Gasteiger partial charge is 0.406 e. The van der Waals surface area contributed by atoms with Crippen LogP contribution in [0.2, 0.25) is 20.1 Å². The van der Waals surface area contributed by atoms with Crippen LogP contribution in [0, 0.1) is 0 Å².